The monoisotopic (exact) mass is 226 g/mol. The summed E-state index contributed by atoms with van der Waals surface area (Å²) < 4.78 is 0. The summed E-state index contributed by atoms with van der Waals surface area (Å²) >= 11 is 0. The number of rotatable bonds is 4. The molecule has 2 aliphatic heterocycles. The first-order chi connectivity index (χ1) is 7.63. The summed E-state index contributed by atoms with van der Waals surface area (Å²) in [4.78, 5) is 13.6. The van der Waals surface area contributed by atoms with Gasteiger partial charge < -0.3 is 15.3 Å². The molecule has 0 bridgehead atoms. The van der Waals surface area contributed by atoms with Gasteiger partial charge in [-0.2, -0.15) is 0 Å². The fraction of sp³-hybridized carbons (Fsp3) is 0.917. The zero-order valence-electron chi connectivity index (χ0n) is 10.0. The summed E-state index contributed by atoms with van der Waals surface area (Å²) in [6.07, 6.45) is 4.67. The lowest BCUT2D eigenvalue weighted by atomic mass is 9.89. The second-order valence-electron chi connectivity index (χ2n) is 5.22. The topological polar surface area (TPSA) is 52.6 Å². The van der Waals surface area contributed by atoms with E-state index in [1.54, 1.807) is 4.90 Å². The summed E-state index contributed by atoms with van der Waals surface area (Å²) in [6, 6.07) is 0.368. The molecule has 0 radical (unpaired) electrons. The van der Waals surface area contributed by atoms with E-state index >= 15 is 0 Å². The maximum absolute atomic E-state index is 11.8. The van der Waals surface area contributed by atoms with Gasteiger partial charge in [-0.05, 0) is 25.8 Å². The lowest BCUT2D eigenvalue weighted by Gasteiger charge is -2.46. The Kier molecular flexibility index (Phi) is 3.50. The highest BCUT2D eigenvalue weighted by atomic mass is 16.3. The standard InChI is InChI=1S/C12H22N2O2/c1-2-5-12(16)8-14(9-12)11(15)7-10-4-3-6-13-10/h10,13,16H,2-9H2,1H3. The molecule has 4 nitrogen and oxygen atoms in total. The number of nitrogens with zero attached hydrogens (tertiary/aromatic N) is 1. The molecule has 0 spiro atoms. The van der Waals surface area contributed by atoms with E-state index in [1.807, 2.05) is 0 Å². The van der Waals surface area contributed by atoms with E-state index in [4.69, 9.17) is 0 Å². The van der Waals surface area contributed by atoms with E-state index in [0.29, 0.717) is 25.6 Å². The molecule has 1 amide bonds. The van der Waals surface area contributed by atoms with Gasteiger partial charge >= 0.3 is 0 Å². The van der Waals surface area contributed by atoms with Gasteiger partial charge in [-0.25, -0.2) is 0 Å². The molecule has 0 aliphatic carbocycles. The van der Waals surface area contributed by atoms with E-state index in [9.17, 15) is 9.90 Å². The SMILES string of the molecule is CCCC1(O)CN(C(=O)CC2CCCN2)C1. The van der Waals surface area contributed by atoms with E-state index in [1.165, 1.54) is 6.42 Å². The molecule has 0 saturated carbocycles. The summed E-state index contributed by atoms with van der Waals surface area (Å²) in [7, 11) is 0. The Labute approximate surface area is 97.0 Å². The second-order valence-corrected chi connectivity index (χ2v) is 5.22. The van der Waals surface area contributed by atoms with Crippen molar-refractivity contribution in [1.82, 2.24) is 10.2 Å². The Morgan fingerprint density at radius 1 is 1.56 bits per heavy atom. The normalized spacial score (nSPS) is 27.9. The summed E-state index contributed by atoms with van der Waals surface area (Å²) in [6.45, 7) is 4.17. The van der Waals surface area contributed by atoms with Gasteiger partial charge in [0.15, 0.2) is 0 Å². The average Bonchev–Trinajstić information content (AvgIpc) is 2.66. The Morgan fingerprint density at radius 3 is 2.88 bits per heavy atom. The third kappa shape index (κ3) is 2.55. The Bertz CT molecular complexity index is 256. The minimum atomic E-state index is -0.590. The van der Waals surface area contributed by atoms with Gasteiger partial charge in [0.25, 0.3) is 0 Å². The fourth-order valence-corrected chi connectivity index (χ4v) is 2.73. The van der Waals surface area contributed by atoms with Crippen LogP contribution in [0.2, 0.25) is 0 Å². The van der Waals surface area contributed by atoms with Crippen LogP contribution in [0.5, 0.6) is 0 Å². The first-order valence-electron chi connectivity index (χ1n) is 6.36. The van der Waals surface area contributed by atoms with E-state index in [0.717, 1.165) is 25.8 Å². The van der Waals surface area contributed by atoms with Crippen LogP contribution in [0.3, 0.4) is 0 Å². The number of nitrogens with one attached hydrogen (secondary N) is 1. The number of carbonyl (C=O) groups is 1. The first-order valence-corrected chi connectivity index (χ1v) is 6.36. The smallest absolute Gasteiger partial charge is 0.224 e. The quantitative estimate of drug-likeness (QED) is 0.734. The highest BCUT2D eigenvalue weighted by Crippen LogP contribution is 2.26. The van der Waals surface area contributed by atoms with Gasteiger partial charge in [-0.3, -0.25) is 4.79 Å². The second kappa shape index (κ2) is 4.72. The number of β-amino-alcohol motifs (C(OH)–C–C–N with tert-alkyl or cyclic N) is 1. The zero-order chi connectivity index (χ0) is 11.6. The molecular weight excluding hydrogens is 204 g/mol. The highest BCUT2D eigenvalue weighted by Gasteiger charge is 2.42. The molecule has 0 aromatic rings. The van der Waals surface area contributed by atoms with Gasteiger partial charge in [-0.1, -0.05) is 13.3 Å². The molecule has 0 aromatic carbocycles. The lowest BCUT2D eigenvalue weighted by molar-refractivity contribution is -0.156. The Balaban J connectivity index is 1.72. The molecule has 0 aromatic heterocycles. The number of amides is 1. The van der Waals surface area contributed by atoms with Crippen molar-refractivity contribution >= 4 is 5.91 Å². The van der Waals surface area contributed by atoms with Crippen LogP contribution in [0.1, 0.15) is 39.0 Å². The maximum Gasteiger partial charge on any atom is 0.224 e. The number of hydrogen-bond donors (Lipinski definition) is 2. The molecule has 2 fully saturated rings. The summed E-state index contributed by atoms with van der Waals surface area (Å²) in [5.41, 5.74) is -0.590. The minimum absolute atomic E-state index is 0.195. The van der Waals surface area contributed by atoms with Crippen molar-refractivity contribution in [2.75, 3.05) is 19.6 Å². The van der Waals surface area contributed by atoms with Crippen molar-refractivity contribution in [3.63, 3.8) is 0 Å². The number of likely N-dealkylation sites (tertiary alicyclic amines) is 1. The van der Waals surface area contributed by atoms with Crippen LogP contribution in [0, 0.1) is 0 Å². The highest BCUT2D eigenvalue weighted by molar-refractivity contribution is 5.78. The van der Waals surface area contributed by atoms with E-state index < -0.39 is 5.60 Å². The van der Waals surface area contributed by atoms with Gasteiger partial charge in [0, 0.05) is 12.5 Å². The number of aliphatic hydroxyl groups is 1. The third-order valence-electron chi connectivity index (χ3n) is 3.62. The average molecular weight is 226 g/mol. The maximum atomic E-state index is 11.8. The van der Waals surface area contributed by atoms with Gasteiger partial charge in [0.2, 0.25) is 5.91 Å². The van der Waals surface area contributed by atoms with Crippen LogP contribution in [0.25, 0.3) is 0 Å². The van der Waals surface area contributed by atoms with Crippen LogP contribution in [0.4, 0.5) is 0 Å². The van der Waals surface area contributed by atoms with Crippen molar-refractivity contribution in [2.45, 2.75) is 50.7 Å². The van der Waals surface area contributed by atoms with Crippen molar-refractivity contribution in [1.29, 1.82) is 0 Å². The molecule has 4 heteroatoms. The molecule has 16 heavy (non-hydrogen) atoms. The van der Waals surface area contributed by atoms with Crippen molar-refractivity contribution in [3.05, 3.63) is 0 Å². The van der Waals surface area contributed by atoms with Gasteiger partial charge in [0.05, 0.1) is 18.7 Å². The van der Waals surface area contributed by atoms with E-state index in [2.05, 4.69) is 12.2 Å². The molecular formula is C12H22N2O2. The molecule has 2 saturated heterocycles. The predicted molar refractivity (Wildman–Crippen MR) is 62.1 cm³/mol. The lowest BCUT2D eigenvalue weighted by Crippen LogP contribution is -2.63. The first kappa shape index (κ1) is 11.9. The number of carbonyl (C=O) groups excluding carboxylic acids is 1. The summed E-state index contributed by atoms with van der Waals surface area (Å²) in [5.74, 6) is 0.195. The molecule has 2 heterocycles. The molecule has 2 aliphatic rings. The van der Waals surface area contributed by atoms with Crippen LogP contribution >= 0.6 is 0 Å². The molecule has 2 rings (SSSR count). The Hall–Kier alpha value is -0.610. The molecule has 1 unspecified atom stereocenters. The largest absolute Gasteiger partial charge is 0.386 e. The van der Waals surface area contributed by atoms with Crippen LogP contribution in [-0.2, 0) is 4.79 Å². The van der Waals surface area contributed by atoms with Crippen molar-refractivity contribution in [2.24, 2.45) is 0 Å². The predicted octanol–water partition coefficient (Wildman–Crippen LogP) is 0.502. The van der Waals surface area contributed by atoms with Gasteiger partial charge in [0.1, 0.15) is 0 Å². The van der Waals surface area contributed by atoms with Gasteiger partial charge in [-0.15, -0.1) is 0 Å². The van der Waals surface area contributed by atoms with Crippen molar-refractivity contribution < 1.29 is 9.90 Å². The van der Waals surface area contributed by atoms with E-state index in [-0.39, 0.29) is 5.91 Å². The van der Waals surface area contributed by atoms with Crippen LogP contribution < -0.4 is 5.32 Å². The third-order valence-corrected chi connectivity index (χ3v) is 3.62. The zero-order valence-corrected chi connectivity index (χ0v) is 10.0. The Morgan fingerprint density at radius 2 is 2.31 bits per heavy atom. The van der Waals surface area contributed by atoms with Crippen LogP contribution in [-0.4, -0.2) is 47.2 Å². The molecule has 92 valence electrons. The fourth-order valence-electron chi connectivity index (χ4n) is 2.73. The molecule has 2 N–H and O–H groups in total. The van der Waals surface area contributed by atoms with Crippen molar-refractivity contribution in [3.8, 4) is 0 Å². The summed E-state index contributed by atoms with van der Waals surface area (Å²) in [5, 5.41) is 13.3. The number of hydrogen-bond acceptors (Lipinski definition) is 3. The molecule has 1 atom stereocenters. The van der Waals surface area contributed by atoms with Crippen LogP contribution in [0.15, 0.2) is 0 Å². The minimum Gasteiger partial charge on any atom is -0.386 e.